The summed E-state index contributed by atoms with van der Waals surface area (Å²) in [4.78, 5) is 1.54. The van der Waals surface area contributed by atoms with Crippen LogP contribution in [0.25, 0.3) is 11.8 Å². The van der Waals surface area contributed by atoms with Crippen LogP contribution in [0.15, 0.2) is 36.3 Å². The van der Waals surface area contributed by atoms with E-state index in [9.17, 15) is 4.39 Å². The summed E-state index contributed by atoms with van der Waals surface area (Å²) in [5.74, 6) is 0. The molecule has 1 aromatic heterocycles. The van der Waals surface area contributed by atoms with Gasteiger partial charge in [0.25, 0.3) is 0 Å². The first kappa shape index (κ1) is 16.9. The van der Waals surface area contributed by atoms with E-state index in [2.05, 4.69) is 10.2 Å². The second-order valence-electron chi connectivity index (χ2n) is 6.98. The Morgan fingerprint density at radius 3 is 2.25 bits per heavy atom. The van der Waals surface area contributed by atoms with Crippen molar-refractivity contribution in [2.45, 2.75) is 45.8 Å². The number of hydrogen-bond acceptors (Lipinski definition) is 4. The van der Waals surface area contributed by atoms with Crippen molar-refractivity contribution < 1.29 is 13.7 Å². The topological polar surface area (TPSA) is 49.2 Å². The fraction of sp³-hybridized carbons (Fsp3) is 0.412. The van der Waals surface area contributed by atoms with Gasteiger partial charge in [-0.05, 0) is 64.0 Å². The second kappa shape index (κ2) is 5.83. The summed E-state index contributed by atoms with van der Waals surface area (Å²) in [5, 5.41) is 8.22. The molecule has 24 heavy (non-hydrogen) atoms. The van der Waals surface area contributed by atoms with Crippen LogP contribution in [0.4, 0.5) is 4.39 Å². The van der Waals surface area contributed by atoms with E-state index < -0.39 is 24.0 Å². The first-order valence-corrected chi connectivity index (χ1v) is 7.90. The Balaban J connectivity index is 1.83. The maximum absolute atomic E-state index is 14.6. The van der Waals surface area contributed by atoms with Gasteiger partial charge in [-0.25, -0.2) is 4.39 Å². The zero-order chi connectivity index (χ0) is 17.5. The number of hydrogen-bond donors (Lipinski definition) is 0. The highest BCUT2D eigenvalue weighted by Crippen LogP contribution is 2.39. The molecule has 0 atom stereocenters. The Kier molecular flexibility index (Phi) is 4.09. The zero-order valence-corrected chi connectivity index (χ0v) is 14.6. The minimum atomic E-state index is -0.984. The van der Waals surface area contributed by atoms with Gasteiger partial charge >= 0.3 is 7.12 Å². The quantitative estimate of drug-likeness (QED) is 0.809. The van der Waals surface area contributed by atoms with Gasteiger partial charge in [-0.1, -0.05) is 6.07 Å². The van der Waals surface area contributed by atoms with Crippen LogP contribution in [0.3, 0.4) is 0 Å². The molecule has 0 amide bonds. The molecule has 1 saturated heterocycles. The zero-order valence-electron chi connectivity index (χ0n) is 14.6. The Labute approximate surface area is 141 Å². The summed E-state index contributed by atoms with van der Waals surface area (Å²) in [5.41, 5.74) is 0.964. The van der Waals surface area contributed by atoms with Gasteiger partial charge in [0.15, 0.2) is 0 Å². The highest BCUT2D eigenvalue weighted by Gasteiger charge is 2.53. The molecule has 0 radical (unpaired) electrons. The minimum Gasteiger partial charge on any atom is -0.398 e. The standard InChI is InChI=1S/C17H21BFN3O2/c1-12-10-13(6-7-14(12)22-20-8-9-21-22)11-15(19)18-23-16(2,3)17(4,5)24-18/h6-11H,1-5H3. The van der Waals surface area contributed by atoms with Crippen LogP contribution in [0.5, 0.6) is 0 Å². The van der Waals surface area contributed by atoms with E-state index in [1.807, 2.05) is 52.8 Å². The third-order valence-electron chi connectivity index (χ3n) is 4.64. The van der Waals surface area contributed by atoms with E-state index in [1.165, 1.54) is 10.9 Å². The molecule has 0 unspecified atom stereocenters. The van der Waals surface area contributed by atoms with Crippen molar-refractivity contribution in [2.24, 2.45) is 0 Å². The minimum absolute atomic E-state index is 0.446. The summed E-state index contributed by atoms with van der Waals surface area (Å²) < 4.78 is 26.0. The first-order chi connectivity index (χ1) is 11.2. The SMILES string of the molecule is Cc1cc(C=C(F)B2OC(C)(C)C(C)(C)O2)ccc1-n1nccn1. The van der Waals surface area contributed by atoms with E-state index in [1.54, 1.807) is 12.4 Å². The molecule has 5 nitrogen and oxygen atoms in total. The lowest BCUT2D eigenvalue weighted by Gasteiger charge is -2.32. The Morgan fingerprint density at radius 2 is 1.71 bits per heavy atom. The van der Waals surface area contributed by atoms with E-state index in [4.69, 9.17) is 9.31 Å². The van der Waals surface area contributed by atoms with Crippen LogP contribution in [0, 0.1) is 6.92 Å². The summed E-state index contributed by atoms with van der Waals surface area (Å²) in [6.45, 7) is 9.53. The highest BCUT2D eigenvalue weighted by molar-refractivity contribution is 6.54. The van der Waals surface area contributed by atoms with E-state index in [0.717, 1.165) is 16.8 Å². The summed E-state index contributed by atoms with van der Waals surface area (Å²) in [6, 6.07) is 5.55. The summed E-state index contributed by atoms with van der Waals surface area (Å²) in [6.07, 6.45) is 4.67. The average molecular weight is 329 g/mol. The van der Waals surface area contributed by atoms with Crippen LogP contribution in [-0.4, -0.2) is 33.3 Å². The third kappa shape index (κ3) is 3.01. The molecule has 1 aliphatic rings. The number of rotatable bonds is 3. The predicted molar refractivity (Wildman–Crippen MR) is 91.3 cm³/mol. The molecule has 2 aromatic rings. The number of halogens is 1. The number of aromatic nitrogens is 3. The fourth-order valence-electron chi connectivity index (χ4n) is 2.52. The van der Waals surface area contributed by atoms with Crippen molar-refractivity contribution in [1.82, 2.24) is 15.0 Å². The van der Waals surface area contributed by atoms with Crippen LogP contribution >= 0.6 is 0 Å². The maximum atomic E-state index is 14.6. The molecule has 0 aliphatic carbocycles. The van der Waals surface area contributed by atoms with Crippen molar-refractivity contribution in [3.05, 3.63) is 47.4 Å². The van der Waals surface area contributed by atoms with Gasteiger partial charge in [0.05, 0.1) is 29.3 Å². The normalized spacial score (nSPS) is 19.8. The molecule has 1 fully saturated rings. The summed E-state index contributed by atoms with van der Waals surface area (Å²) >= 11 is 0. The molecule has 1 aromatic carbocycles. The van der Waals surface area contributed by atoms with Crippen molar-refractivity contribution >= 4 is 13.2 Å². The van der Waals surface area contributed by atoms with Gasteiger partial charge in [-0.2, -0.15) is 15.0 Å². The van der Waals surface area contributed by atoms with Gasteiger partial charge in [0.1, 0.15) is 5.73 Å². The monoisotopic (exact) mass is 329 g/mol. The number of aryl methyl sites for hydroxylation is 1. The Hall–Kier alpha value is -1.99. The molecule has 7 heteroatoms. The predicted octanol–water partition coefficient (Wildman–Crippen LogP) is 3.52. The van der Waals surface area contributed by atoms with E-state index >= 15 is 0 Å². The molecule has 0 saturated carbocycles. The Morgan fingerprint density at radius 1 is 1.12 bits per heavy atom. The largest absolute Gasteiger partial charge is 0.525 e. The van der Waals surface area contributed by atoms with E-state index in [0.29, 0.717) is 0 Å². The Bertz CT molecular complexity index is 756. The van der Waals surface area contributed by atoms with Crippen molar-refractivity contribution in [1.29, 1.82) is 0 Å². The average Bonchev–Trinajstić information content (AvgIpc) is 3.06. The second-order valence-corrected chi connectivity index (χ2v) is 6.98. The lowest BCUT2D eigenvalue weighted by molar-refractivity contribution is 0.00578. The van der Waals surface area contributed by atoms with Gasteiger partial charge in [0, 0.05) is 0 Å². The summed E-state index contributed by atoms with van der Waals surface area (Å²) in [7, 11) is -0.984. The number of benzene rings is 1. The van der Waals surface area contributed by atoms with Crippen molar-refractivity contribution in [2.75, 3.05) is 0 Å². The molecular weight excluding hydrogens is 308 g/mol. The first-order valence-electron chi connectivity index (χ1n) is 7.90. The molecule has 0 N–H and O–H groups in total. The fourth-order valence-corrected chi connectivity index (χ4v) is 2.52. The lowest BCUT2D eigenvalue weighted by Crippen LogP contribution is -2.41. The third-order valence-corrected chi connectivity index (χ3v) is 4.64. The van der Waals surface area contributed by atoms with Crippen molar-refractivity contribution in [3.8, 4) is 5.69 Å². The highest BCUT2D eigenvalue weighted by atomic mass is 19.1. The number of nitrogens with zero attached hydrogens (tertiary/aromatic N) is 3. The molecule has 126 valence electrons. The van der Waals surface area contributed by atoms with Gasteiger partial charge in [-0.3, -0.25) is 0 Å². The molecule has 3 rings (SSSR count). The lowest BCUT2D eigenvalue weighted by atomic mass is 9.86. The van der Waals surface area contributed by atoms with Crippen LogP contribution < -0.4 is 0 Å². The van der Waals surface area contributed by atoms with E-state index in [-0.39, 0.29) is 0 Å². The van der Waals surface area contributed by atoms with Crippen molar-refractivity contribution in [3.63, 3.8) is 0 Å². The van der Waals surface area contributed by atoms with Crippen LogP contribution in [0.1, 0.15) is 38.8 Å². The van der Waals surface area contributed by atoms with Gasteiger partial charge < -0.3 is 9.31 Å². The molecule has 1 aliphatic heterocycles. The molecule has 2 heterocycles. The van der Waals surface area contributed by atoms with Crippen LogP contribution in [0.2, 0.25) is 0 Å². The smallest absolute Gasteiger partial charge is 0.398 e. The molecular formula is C17H21BFN3O2. The maximum Gasteiger partial charge on any atom is 0.525 e. The van der Waals surface area contributed by atoms with Gasteiger partial charge in [-0.15, -0.1) is 0 Å². The molecule has 0 spiro atoms. The molecule has 0 bridgehead atoms. The van der Waals surface area contributed by atoms with Gasteiger partial charge in [0.2, 0.25) is 0 Å². The van der Waals surface area contributed by atoms with Crippen LogP contribution in [-0.2, 0) is 9.31 Å².